The highest BCUT2D eigenvalue weighted by atomic mass is 32.2. The van der Waals surface area contributed by atoms with Gasteiger partial charge in [-0.2, -0.15) is 5.26 Å². The number of sulfonamides is 1. The summed E-state index contributed by atoms with van der Waals surface area (Å²) in [5, 5.41) is 12.7. The monoisotopic (exact) mass is 442 g/mol. The Morgan fingerprint density at radius 3 is 2.33 bits per heavy atom. The zero-order chi connectivity index (χ0) is 22.4. The van der Waals surface area contributed by atoms with E-state index in [9.17, 15) is 18.5 Å². The van der Waals surface area contributed by atoms with Crippen molar-refractivity contribution in [2.75, 3.05) is 52.7 Å². The first-order chi connectivity index (χ1) is 14.0. The van der Waals surface area contributed by atoms with E-state index in [2.05, 4.69) is 26.0 Å². The molecule has 10 nitrogen and oxygen atoms in total. The van der Waals surface area contributed by atoms with Crippen LogP contribution in [0.1, 0.15) is 33.1 Å². The van der Waals surface area contributed by atoms with Gasteiger partial charge >= 0.3 is 0 Å². The number of hydrogen-bond acceptors (Lipinski definition) is 7. The number of carbonyl (C=O) groups is 1. The molecule has 2 aliphatic heterocycles. The highest BCUT2D eigenvalue weighted by molar-refractivity contribution is 7.89. The predicted octanol–water partition coefficient (Wildman–Crippen LogP) is -0.257. The molecule has 0 bridgehead atoms. The zero-order valence-electron chi connectivity index (χ0n) is 18.3. The molecular formula is C19H34N6O4S. The lowest BCUT2D eigenvalue weighted by molar-refractivity contribution is -0.124. The molecule has 1 atom stereocenters. The fraction of sp³-hybridized carbons (Fsp3) is 0.842. The van der Waals surface area contributed by atoms with E-state index in [-0.39, 0.29) is 17.8 Å². The number of guanidine groups is 1. The minimum Gasteiger partial charge on any atom is -0.378 e. The van der Waals surface area contributed by atoms with Crippen LogP contribution in [0.5, 0.6) is 0 Å². The number of carbonyl (C=O) groups excluding carboxylic acids is 1. The summed E-state index contributed by atoms with van der Waals surface area (Å²) in [7, 11) is -1.59. The van der Waals surface area contributed by atoms with E-state index in [1.807, 2.05) is 20.9 Å². The Labute approximate surface area is 179 Å². The van der Waals surface area contributed by atoms with E-state index < -0.39 is 21.6 Å². The third-order valence-electron chi connectivity index (χ3n) is 5.28. The largest absolute Gasteiger partial charge is 0.378 e. The first-order valence-electron chi connectivity index (χ1n) is 10.3. The molecule has 0 aliphatic carbocycles. The van der Waals surface area contributed by atoms with Gasteiger partial charge in [0.25, 0.3) is 0 Å². The van der Waals surface area contributed by atoms with Crippen molar-refractivity contribution in [2.45, 2.75) is 44.7 Å². The molecule has 170 valence electrons. The second-order valence-electron chi connectivity index (χ2n) is 8.56. The van der Waals surface area contributed by atoms with E-state index in [1.54, 1.807) is 4.90 Å². The molecule has 2 heterocycles. The normalized spacial score (nSPS) is 21.7. The summed E-state index contributed by atoms with van der Waals surface area (Å²) in [6.07, 6.45) is 2.58. The van der Waals surface area contributed by atoms with E-state index in [0.717, 1.165) is 19.3 Å². The van der Waals surface area contributed by atoms with Gasteiger partial charge in [-0.1, -0.05) is 13.8 Å². The van der Waals surface area contributed by atoms with Gasteiger partial charge in [-0.25, -0.2) is 13.4 Å². The van der Waals surface area contributed by atoms with Gasteiger partial charge in [-0.05, 0) is 32.2 Å². The number of amides is 1. The molecule has 1 unspecified atom stereocenters. The highest BCUT2D eigenvalue weighted by Gasteiger charge is 2.37. The summed E-state index contributed by atoms with van der Waals surface area (Å²) < 4.78 is 31.6. The molecule has 0 aromatic carbocycles. The Balaban J connectivity index is 2.28. The summed E-state index contributed by atoms with van der Waals surface area (Å²) in [5.74, 6) is -0.0453. The molecule has 0 spiro atoms. The number of nitriles is 1. The molecule has 1 amide bonds. The average Bonchev–Trinajstić information content (AvgIpc) is 2.68. The molecular weight excluding hydrogens is 408 g/mol. The Kier molecular flexibility index (Phi) is 8.46. The van der Waals surface area contributed by atoms with Crippen molar-refractivity contribution >= 4 is 21.9 Å². The van der Waals surface area contributed by atoms with Crippen LogP contribution >= 0.6 is 0 Å². The molecule has 2 fully saturated rings. The van der Waals surface area contributed by atoms with Crippen molar-refractivity contribution in [3.63, 3.8) is 0 Å². The number of nitrogens with one attached hydrogen (secondary N) is 2. The fourth-order valence-corrected chi connectivity index (χ4v) is 4.02. The second kappa shape index (κ2) is 10.4. The first-order valence-corrected chi connectivity index (χ1v) is 12.2. The molecule has 2 saturated heterocycles. The number of aliphatic imine (C=N–C) groups is 1. The lowest BCUT2D eigenvalue weighted by Crippen LogP contribution is -2.56. The van der Waals surface area contributed by atoms with E-state index in [1.165, 1.54) is 0 Å². The van der Waals surface area contributed by atoms with Gasteiger partial charge in [0, 0.05) is 26.2 Å². The lowest BCUT2D eigenvalue weighted by atomic mass is 9.88. The minimum atomic E-state index is -3.58. The number of likely N-dealkylation sites (tertiary alicyclic amines) is 1. The molecule has 2 aliphatic rings. The second-order valence-corrected chi connectivity index (χ2v) is 10.3. The zero-order valence-corrected chi connectivity index (χ0v) is 19.2. The SMILES string of the molecule is CC(C)CC(N=C(NS(C)(=O)=O)N1CCOCC1)C(=O)NC1(C#N)CCN(C)CC1. The number of hydrogen-bond donors (Lipinski definition) is 2. The standard InChI is InChI=1S/C19H34N6O4S/c1-15(2)13-16(17(26)22-19(14-20)5-7-24(3)8-6-19)21-18(23-30(4,27)28)25-9-11-29-12-10-25/h15-16H,5-13H2,1-4H3,(H,21,23)(H,22,26). The molecule has 2 rings (SSSR count). The van der Waals surface area contributed by atoms with E-state index in [0.29, 0.717) is 45.6 Å². The Morgan fingerprint density at radius 2 is 1.83 bits per heavy atom. The van der Waals surface area contributed by atoms with Gasteiger partial charge in [-0.15, -0.1) is 0 Å². The van der Waals surface area contributed by atoms with Gasteiger partial charge in [0.2, 0.25) is 21.9 Å². The minimum absolute atomic E-state index is 0.149. The Morgan fingerprint density at radius 1 is 1.23 bits per heavy atom. The van der Waals surface area contributed by atoms with Crippen molar-refractivity contribution in [1.82, 2.24) is 19.8 Å². The number of piperidine rings is 1. The first kappa shape index (κ1) is 24.4. The average molecular weight is 443 g/mol. The van der Waals surface area contributed by atoms with Crippen LogP contribution in [0.2, 0.25) is 0 Å². The Hall–Kier alpha value is -1.90. The van der Waals surface area contributed by atoms with Crippen molar-refractivity contribution in [3.05, 3.63) is 0 Å². The molecule has 2 N–H and O–H groups in total. The van der Waals surface area contributed by atoms with Crippen LogP contribution < -0.4 is 10.0 Å². The summed E-state index contributed by atoms with van der Waals surface area (Å²) in [5.41, 5.74) is -0.919. The van der Waals surface area contributed by atoms with Crippen LogP contribution in [-0.2, 0) is 19.6 Å². The van der Waals surface area contributed by atoms with Gasteiger partial charge in [0.1, 0.15) is 11.6 Å². The molecule has 11 heteroatoms. The smallest absolute Gasteiger partial charge is 0.246 e. The van der Waals surface area contributed by atoms with Gasteiger partial charge < -0.3 is 19.9 Å². The summed E-state index contributed by atoms with van der Waals surface area (Å²) in [6, 6.07) is 1.48. The van der Waals surface area contributed by atoms with Gasteiger partial charge in [0.05, 0.1) is 25.5 Å². The van der Waals surface area contributed by atoms with Crippen molar-refractivity contribution in [3.8, 4) is 6.07 Å². The molecule has 0 radical (unpaired) electrons. The maximum absolute atomic E-state index is 13.2. The number of ether oxygens (including phenoxy) is 1. The van der Waals surface area contributed by atoms with Crippen LogP contribution in [0.15, 0.2) is 4.99 Å². The van der Waals surface area contributed by atoms with Gasteiger partial charge in [-0.3, -0.25) is 9.52 Å². The van der Waals surface area contributed by atoms with E-state index >= 15 is 0 Å². The van der Waals surface area contributed by atoms with Crippen LogP contribution in [0, 0.1) is 17.2 Å². The number of morpholine rings is 1. The molecule has 0 aromatic heterocycles. The molecule has 0 saturated carbocycles. The maximum Gasteiger partial charge on any atom is 0.246 e. The molecule has 30 heavy (non-hydrogen) atoms. The fourth-order valence-electron chi connectivity index (χ4n) is 3.51. The Bertz CT molecular complexity index is 762. The van der Waals surface area contributed by atoms with Crippen LogP contribution in [0.25, 0.3) is 0 Å². The maximum atomic E-state index is 13.2. The number of rotatable bonds is 6. The highest BCUT2D eigenvalue weighted by Crippen LogP contribution is 2.22. The van der Waals surface area contributed by atoms with Crippen molar-refractivity contribution < 1.29 is 17.9 Å². The third-order valence-corrected chi connectivity index (χ3v) is 5.83. The third kappa shape index (κ3) is 7.41. The summed E-state index contributed by atoms with van der Waals surface area (Å²) >= 11 is 0. The van der Waals surface area contributed by atoms with E-state index in [4.69, 9.17) is 4.74 Å². The predicted molar refractivity (Wildman–Crippen MR) is 114 cm³/mol. The van der Waals surface area contributed by atoms with Crippen LogP contribution in [0.4, 0.5) is 0 Å². The summed E-state index contributed by atoms with van der Waals surface area (Å²) in [4.78, 5) is 21.6. The van der Waals surface area contributed by atoms with Gasteiger partial charge in [0.15, 0.2) is 0 Å². The van der Waals surface area contributed by atoms with Crippen molar-refractivity contribution in [1.29, 1.82) is 5.26 Å². The van der Waals surface area contributed by atoms with Crippen LogP contribution in [-0.4, -0.2) is 94.4 Å². The molecule has 0 aromatic rings. The number of nitrogens with zero attached hydrogens (tertiary/aromatic N) is 4. The van der Waals surface area contributed by atoms with Crippen molar-refractivity contribution in [2.24, 2.45) is 10.9 Å². The lowest BCUT2D eigenvalue weighted by Gasteiger charge is -2.37. The summed E-state index contributed by atoms with van der Waals surface area (Å²) in [6.45, 7) is 7.26. The van der Waals surface area contributed by atoms with Crippen LogP contribution in [0.3, 0.4) is 0 Å². The quantitative estimate of drug-likeness (QED) is 0.429. The topological polar surface area (TPSA) is 127 Å².